The summed E-state index contributed by atoms with van der Waals surface area (Å²) < 4.78 is 16.2. The first-order valence-electron chi connectivity index (χ1n) is 7.78. The van der Waals surface area contributed by atoms with Crippen LogP contribution in [0.15, 0.2) is 29.8 Å². The third-order valence-electron chi connectivity index (χ3n) is 3.61. The zero-order valence-electron chi connectivity index (χ0n) is 14.9. The van der Waals surface area contributed by atoms with Gasteiger partial charge in [0.1, 0.15) is 6.10 Å². The Labute approximate surface area is 148 Å². The maximum Gasteiger partial charge on any atom is 0.220 e. The van der Waals surface area contributed by atoms with Gasteiger partial charge in [0.05, 0.1) is 20.8 Å². The average Bonchev–Trinajstić information content (AvgIpc) is 2.60. The molecular formula is C18H26O5S. The molecule has 0 bridgehead atoms. The first-order chi connectivity index (χ1) is 11.5. The summed E-state index contributed by atoms with van der Waals surface area (Å²) >= 11 is 1.15. The van der Waals surface area contributed by atoms with Crippen LogP contribution < -0.4 is 9.47 Å². The van der Waals surface area contributed by atoms with Crippen LogP contribution in [0.2, 0.25) is 0 Å². The molecule has 0 unspecified atom stereocenters. The number of hydrogen-bond acceptors (Lipinski definition) is 6. The predicted octanol–water partition coefficient (Wildman–Crippen LogP) is 3.20. The zero-order chi connectivity index (χ0) is 18.1. The van der Waals surface area contributed by atoms with Crippen LogP contribution in [0.3, 0.4) is 0 Å². The van der Waals surface area contributed by atoms with Crippen molar-refractivity contribution in [1.29, 1.82) is 0 Å². The summed E-state index contributed by atoms with van der Waals surface area (Å²) in [6, 6.07) is 5.41. The fraction of sp³-hybridized carbons (Fsp3) is 0.500. The molecule has 1 aromatic carbocycles. The standard InChI is InChI=1S/C18H26O5S/c1-6-12(3)16(19)17(18(20)24-7-2)23-11-13-8-9-14(21-4)15(10-13)22-5/h6,8-10,16-17,19H,7,11H2,1-5H3/b12-6+/t16-,17-/m1/s1. The van der Waals surface area contributed by atoms with Gasteiger partial charge in [0.15, 0.2) is 17.6 Å². The van der Waals surface area contributed by atoms with Gasteiger partial charge in [-0.05, 0) is 42.9 Å². The fourth-order valence-corrected chi connectivity index (χ4v) is 2.72. The monoisotopic (exact) mass is 354 g/mol. The number of aliphatic hydroxyl groups is 1. The molecule has 0 radical (unpaired) electrons. The van der Waals surface area contributed by atoms with Crippen LogP contribution in [0.4, 0.5) is 0 Å². The Morgan fingerprint density at radius 3 is 2.50 bits per heavy atom. The number of methoxy groups -OCH3 is 2. The maximum atomic E-state index is 12.3. The second-order valence-corrected chi connectivity index (χ2v) is 6.42. The summed E-state index contributed by atoms with van der Waals surface area (Å²) in [5.74, 6) is 1.85. The van der Waals surface area contributed by atoms with Gasteiger partial charge in [-0.1, -0.05) is 30.8 Å². The summed E-state index contributed by atoms with van der Waals surface area (Å²) in [4.78, 5) is 12.3. The van der Waals surface area contributed by atoms with Crippen molar-refractivity contribution in [2.75, 3.05) is 20.0 Å². The van der Waals surface area contributed by atoms with E-state index in [4.69, 9.17) is 14.2 Å². The molecule has 5 nitrogen and oxygen atoms in total. The molecule has 24 heavy (non-hydrogen) atoms. The fourth-order valence-electron chi connectivity index (χ4n) is 2.08. The quantitative estimate of drug-likeness (QED) is 0.687. The second kappa shape index (κ2) is 10.4. The van der Waals surface area contributed by atoms with E-state index in [1.807, 2.05) is 19.9 Å². The van der Waals surface area contributed by atoms with E-state index in [0.717, 1.165) is 17.3 Å². The number of thioether (sulfide) groups is 1. The van der Waals surface area contributed by atoms with Gasteiger partial charge in [-0.2, -0.15) is 0 Å². The first kappa shape index (κ1) is 20.5. The molecular weight excluding hydrogens is 328 g/mol. The van der Waals surface area contributed by atoms with Crippen LogP contribution >= 0.6 is 11.8 Å². The molecule has 0 heterocycles. The molecule has 0 saturated carbocycles. The number of hydrogen-bond donors (Lipinski definition) is 1. The summed E-state index contributed by atoms with van der Waals surface area (Å²) in [5.41, 5.74) is 1.54. The third kappa shape index (κ3) is 5.54. The molecule has 0 aliphatic heterocycles. The van der Waals surface area contributed by atoms with Gasteiger partial charge in [0.25, 0.3) is 0 Å². The maximum absolute atomic E-state index is 12.3. The van der Waals surface area contributed by atoms with Crippen molar-refractivity contribution < 1.29 is 24.1 Å². The molecule has 0 fully saturated rings. The Morgan fingerprint density at radius 1 is 1.29 bits per heavy atom. The van der Waals surface area contributed by atoms with E-state index in [1.165, 1.54) is 0 Å². The number of rotatable bonds is 9. The van der Waals surface area contributed by atoms with Gasteiger partial charge >= 0.3 is 0 Å². The van der Waals surface area contributed by atoms with E-state index in [1.54, 1.807) is 39.4 Å². The molecule has 134 valence electrons. The van der Waals surface area contributed by atoms with Crippen LogP contribution in [0.25, 0.3) is 0 Å². The summed E-state index contributed by atoms with van der Waals surface area (Å²) in [6.45, 7) is 5.68. The third-order valence-corrected chi connectivity index (χ3v) is 4.41. The van der Waals surface area contributed by atoms with E-state index < -0.39 is 12.2 Å². The van der Waals surface area contributed by atoms with Gasteiger partial charge in [0, 0.05) is 0 Å². The summed E-state index contributed by atoms with van der Waals surface area (Å²) in [6.07, 6.45) is -0.0811. The second-order valence-electron chi connectivity index (χ2n) is 5.15. The Bertz CT molecular complexity index is 571. The molecule has 1 rings (SSSR count). The molecule has 0 aliphatic carbocycles. The Kier molecular flexibility index (Phi) is 8.89. The lowest BCUT2D eigenvalue weighted by molar-refractivity contribution is -0.128. The summed E-state index contributed by atoms with van der Waals surface area (Å²) in [7, 11) is 3.13. The van der Waals surface area contributed by atoms with Crippen molar-refractivity contribution in [1.82, 2.24) is 0 Å². The molecule has 0 saturated heterocycles. The van der Waals surface area contributed by atoms with Crippen LogP contribution in [0.5, 0.6) is 11.5 Å². The largest absolute Gasteiger partial charge is 0.493 e. The van der Waals surface area contributed by atoms with Crippen LogP contribution in [-0.4, -0.2) is 42.4 Å². The van der Waals surface area contributed by atoms with Crippen molar-refractivity contribution in [3.8, 4) is 11.5 Å². The molecule has 0 spiro atoms. The molecule has 0 aromatic heterocycles. The molecule has 1 aromatic rings. The summed E-state index contributed by atoms with van der Waals surface area (Å²) in [5, 5.41) is 10.2. The number of benzene rings is 1. The van der Waals surface area contributed by atoms with Gasteiger partial charge in [-0.25, -0.2) is 0 Å². The van der Waals surface area contributed by atoms with E-state index >= 15 is 0 Å². The lowest BCUT2D eigenvalue weighted by Gasteiger charge is -2.22. The highest BCUT2D eigenvalue weighted by Crippen LogP contribution is 2.28. The minimum Gasteiger partial charge on any atom is -0.493 e. The van der Waals surface area contributed by atoms with Gasteiger partial charge in [-0.3, -0.25) is 4.79 Å². The minimum absolute atomic E-state index is 0.174. The number of aliphatic hydroxyl groups excluding tert-OH is 1. The molecule has 6 heteroatoms. The highest BCUT2D eigenvalue weighted by molar-refractivity contribution is 8.13. The van der Waals surface area contributed by atoms with E-state index in [0.29, 0.717) is 22.8 Å². The SMILES string of the molecule is C/C=C(\C)[C@@H](O)[C@@H](OCc1ccc(OC)c(OC)c1)C(=O)SCC. The van der Waals surface area contributed by atoms with Crippen molar-refractivity contribution in [2.45, 2.75) is 39.6 Å². The number of carbonyl (C=O) groups is 1. The molecule has 1 N–H and O–H groups in total. The van der Waals surface area contributed by atoms with Gasteiger partial charge in [-0.15, -0.1) is 0 Å². The number of ether oxygens (including phenoxy) is 3. The topological polar surface area (TPSA) is 65.0 Å². The minimum atomic E-state index is -0.957. The van der Waals surface area contributed by atoms with E-state index in [2.05, 4.69) is 0 Å². The van der Waals surface area contributed by atoms with Crippen molar-refractivity contribution in [3.63, 3.8) is 0 Å². The first-order valence-corrected chi connectivity index (χ1v) is 8.77. The molecule has 0 aliphatic rings. The highest BCUT2D eigenvalue weighted by Gasteiger charge is 2.28. The Balaban J connectivity index is 2.89. The lowest BCUT2D eigenvalue weighted by Crippen LogP contribution is -2.36. The van der Waals surface area contributed by atoms with E-state index in [9.17, 15) is 9.90 Å². The van der Waals surface area contributed by atoms with E-state index in [-0.39, 0.29) is 11.7 Å². The van der Waals surface area contributed by atoms with Crippen molar-refractivity contribution in [2.24, 2.45) is 0 Å². The van der Waals surface area contributed by atoms with Crippen molar-refractivity contribution >= 4 is 16.9 Å². The predicted molar refractivity (Wildman–Crippen MR) is 96.7 cm³/mol. The Hall–Kier alpha value is -1.50. The van der Waals surface area contributed by atoms with Crippen LogP contribution in [0, 0.1) is 0 Å². The average molecular weight is 354 g/mol. The number of allylic oxidation sites excluding steroid dienone is 1. The van der Waals surface area contributed by atoms with Crippen molar-refractivity contribution in [3.05, 3.63) is 35.4 Å². The zero-order valence-corrected chi connectivity index (χ0v) is 15.7. The molecule has 0 amide bonds. The van der Waals surface area contributed by atoms with Gasteiger partial charge in [0.2, 0.25) is 5.12 Å². The van der Waals surface area contributed by atoms with Crippen LogP contribution in [-0.2, 0) is 16.1 Å². The smallest absolute Gasteiger partial charge is 0.220 e. The lowest BCUT2D eigenvalue weighted by atomic mass is 10.1. The van der Waals surface area contributed by atoms with Crippen LogP contribution in [0.1, 0.15) is 26.3 Å². The normalized spacial score (nSPS) is 14.2. The Morgan fingerprint density at radius 2 is 1.96 bits per heavy atom. The highest BCUT2D eigenvalue weighted by atomic mass is 32.2. The molecule has 2 atom stereocenters. The van der Waals surface area contributed by atoms with Gasteiger partial charge < -0.3 is 19.3 Å². The number of carbonyl (C=O) groups excluding carboxylic acids is 1.